The van der Waals surface area contributed by atoms with Gasteiger partial charge in [0.1, 0.15) is 12.6 Å². The molecule has 0 aromatic heterocycles. The second-order valence-corrected chi connectivity index (χ2v) is 13.9. The molecule has 8 heteroatoms. The van der Waals surface area contributed by atoms with Crippen molar-refractivity contribution in [1.29, 1.82) is 0 Å². The molecule has 0 aliphatic heterocycles. The fourth-order valence-corrected chi connectivity index (χ4v) is 5.75. The van der Waals surface area contributed by atoms with Crippen LogP contribution in [0.1, 0.15) is 69.7 Å². The Morgan fingerprint density at radius 1 is 0.805 bits per heavy atom. The number of nitrogens with zero attached hydrogens (tertiary/aromatic N) is 2. The summed E-state index contributed by atoms with van der Waals surface area (Å²) in [6.45, 7) is 15.0. The molecule has 3 aromatic rings. The van der Waals surface area contributed by atoms with Crippen molar-refractivity contribution in [3.8, 4) is 0 Å². The summed E-state index contributed by atoms with van der Waals surface area (Å²) < 4.78 is 29.1. The van der Waals surface area contributed by atoms with Crippen LogP contribution in [-0.4, -0.2) is 43.3 Å². The summed E-state index contributed by atoms with van der Waals surface area (Å²) in [5.41, 5.74) is 3.78. The number of hydrogen-bond acceptors (Lipinski definition) is 4. The molecule has 0 spiro atoms. The summed E-state index contributed by atoms with van der Waals surface area (Å²) >= 11 is 0. The van der Waals surface area contributed by atoms with Gasteiger partial charge in [0.2, 0.25) is 11.8 Å². The van der Waals surface area contributed by atoms with Crippen molar-refractivity contribution >= 4 is 27.5 Å². The van der Waals surface area contributed by atoms with Crippen molar-refractivity contribution in [2.75, 3.05) is 10.8 Å². The number of amides is 2. The molecule has 0 aliphatic rings. The highest BCUT2D eigenvalue weighted by molar-refractivity contribution is 7.92. The zero-order chi connectivity index (χ0) is 30.5. The maximum Gasteiger partial charge on any atom is 0.264 e. The lowest BCUT2D eigenvalue weighted by Gasteiger charge is -2.33. The van der Waals surface area contributed by atoms with Crippen LogP contribution in [0.4, 0.5) is 5.69 Å². The van der Waals surface area contributed by atoms with E-state index in [1.54, 1.807) is 43.3 Å². The third-order valence-corrected chi connectivity index (χ3v) is 8.66. The Hall–Kier alpha value is -3.65. The summed E-state index contributed by atoms with van der Waals surface area (Å²) in [4.78, 5) is 28.8. The molecule has 1 N–H and O–H groups in total. The number of aryl methyl sites for hydroxylation is 2. The quantitative estimate of drug-likeness (QED) is 0.322. The van der Waals surface area contributed by atoms with Crippen LogP contribution in [0.2, 0.25) is 0 Å². The number of sulfonamides is 1. The number of carbonyl (C=O) groups excluding carboxylic acids is 2. The number of anilines is 1. The predicted octanol–water partition coefficient (Wildman–Crippen LogP) is 5.95. The zero-order valence-electron chi connectivity index (χ0n) is 25.4. The number of rotatable bonds is 10. The molecule has 7 nitrogen and oxygen atoms in total. The molecule has 0 bridgehead atoms. The van der Waals surface area contributed by atoms with Gasteiger partial charge in [-0.05, 0) is 82.9 Å². The smallest absolute Gasteiger partial charge is 0.264 e. The molecule has 0 saturated heterocycles. The Kier molecular flexibility index (Phi) is 10.0. The molecular weight excluding hydrogens is 534 g/mol. The van der Waals surface area contributed by atoms with E-state index in [9.17, 15) is 18.0 Å². The van der Waals surface area contributed by atoms with Gasteiger partial charge in [-0.25, -0.2) is 8.42 Å². The maximum atomic E-state index is 14.1. The minimum Gasteiger partial charge on any atom is -0.350 e. The Labute approximate surface area is 245 Å². The Bertz CT molecular complexity index is 1440. The molecule has 0 radical (unpaired) electrons. The third-order valence-electron chi connectivity index (χ3n) is 6.87. The molecular formula is C33H43N3O4S. The van der Waals surface area contributed by atoms with E-state index in [1.165, 1.54) is 4.90 Å². The fraction of sp³-hybridized carbons (Fsp3) is 0.394. The van der Waals surface area contributed by atoms with Gasteiger partial charge in [-0.1, -0.05) is 73.5 Å². The van der Waals surface area contributed by atoms with Crippen LogP contribution in [-0.2, 0) is 26.2 Å². The summed E-state index contributed by atoms with van der Waals surface area (Å²) in [7, 11) is -4.10. The first-order valence-electron chi connectivity index (χ1n) is 13.9. The topological polar surface area (TPSA) is 86.8 Å². The molecule has 41 heavy (non-hydrogen) atoms. The van der Waals surface area contributed by atoms with Crippen LogP contribution in [0, 0.1) is 13.8 Å². The van der Waals surface area contributed by atoms with Gasteiger partial charge in [0.15, 0.2) is 0 Å². The molecule has 0 saturated carbocycles. The standard InChI is InChI=1S/C33H43N3O4S/c1-23(2)28-15-17-29(18-16-28)36(41(39,40)30-19-11-25(4)12-20-30)22-31(37)35(21-27-13-9-24(3)10-14-27)26(5)32(38)34-33(6,7)8/h9-20,23,26H,21-22H2,1-8H3,(H,34,38)/t26-/m0/s1. The van der Waals surface area contributed by atoms with Crippen LogP contribution in [0.5, 0.6) is 0 Å². The number of hydrogen-bond donors (Lipinski definition) is 1. The second kappa shape index (κ2) is 12.9. The highest BCUT2D eigenvalue weighted by Gasteiger charge is 2.33. The van der Waals surface area contributed by atoms with Crippen molar-refractivity contribution in [3.63, 3.8) is 0 Å². The van der Waals surface area contributed by atoms with Crippen LogP contribution in [0.15, 0.2) is 77.7 Å². The average molecular weight is 578 g/mol. The average Bonchev–Trinajstić information content (AvgIpc) is 2.90. The molecule has 220 valence electrons. The van der Waals surface area contributed by atoms with E-state index in [0.717, 1.165) is 26.6 Å². The maximum absolute atomic E-state index is 14.1. The van der Waals surface area contributed by atoms with Crippen LogP contribution in [0.3, 0.4) is 0 Å². The van der Waals surface area contributed by atoms with Gasteiger partial charge in [0.25, 0.3) is 10.0 Å². The lowest BCUT2D eigenvalue weighted by molar-refractivity contribution is -0.140. The Morgan fingerprint density at radius 3 is 1.80 bits per heavy atom. The first-order valence-corrected chi connectivity index (χ1v) is 15.4. The van der Waals surface area contributed by atoms with E-state index < -0.39 is 34.1 Å². The van der Waals surface area contributed by atoms with Crippen molar-refractivity contribution in [1.82, 2.24) is 10.2 Å². The number of nitrogens with one attached hydrogen (secondary N) is 1. The van der Waals surface area contributed by atoms with Crippen molar-refractivity contribution < 1.29 is 18.0 Å². The minimum absolute atomic E-state index is 0.0902. The van der Waals surface area contributed by atoms with Crippen LogP contribution < -0.4 is 9.62 Å². The van der Waals surface area contributed by atoms with Crippen molar-refractivity contribution in [2.45, 2.75) is 84.3 Å². The van der Waals surface area contributed by atoms with E-state index in [-0.39, 0.29) is 23.3 Å². The molecule has 0 aliphatic carbocycles. The Balaban J connectivity index is 2.05. The summed E-state index contributed by atoms with van der Waals surface area (Å²) in [6, 6.07) is 20.7. The van der Waals surface area contributed by atoms with E-state index in [1.807, 2.05) is 71.0 Å². The monoisotopic (exact) mass is 577 g/mol. The largest absolute Gasteiger partial charge is 0.350 e. The third kappa shape index (κ3) is 8.43. The summed E-state index contributed by atoms with van der Waals surface area (Å²) in [5.74, 6) is -0.530. The summed E-state index contributed by atoms with van der Waals surface area (Å²) in [6.07, 6.45) is 0. The minimum atomic E-state index is -4.10. The van der Waals surface area contributed by atoms with Gasteiger partial charge in [0, 0.05) is 12.1 Å². The SMILES string of the molecule is Cc1ccc(CN(C(=O)CN(c2ccc(C(C)C)cc2)S(=O)(=O)c2ccc(C)cc2)[C@@H](C)C(=O)NC(C)(C)C)cc1. The molecule has 3 rings (SSSR count). The molecule has 0 unspecified atom stereocenters. The van der Waals surface area contributed by atoms with Crippen molar-refractivity contribution in [2.24, 2.45) is 0 Å². The van der Waals surface area contributed by atoms with Gasteiger partial charge in [-0.3, -0.25) is 13.9 Å². The first kappa shape index (κ1) is 31.9. The number of benzene rings is 3. The lowest BCUT2D eigenvalue weighted by Crippen LogP contribution is -2.54. The van der Waals surface area contributed by atoms with Gasteiger partial charge < -0.3 is 10.2 Å². The molecule has 2 amide bonds. The van der Waals surface area contributed by atoms with Gasteiger partial charge >= 0.3 is 0 Å². The van der Waals surface area contributed by atoms with E-state index in [0.29, 0.717) is 5.69 Å². The zero-order valence-corrected chi connectivity index (χ0v) is 26.2. The van der Waals surface area contributed by atoms with E-state index in [2.05, 4.69) is 19.2 Å². The van der Waals surface area contributed by atoms with Gasteiger partial charge in [-0.2, -0.15) is 0 Å². The second-order valence-electron chi connectivity index (χ2n) is 12.0. The molecule has 3 aromatic carbocycles. The highest BCUT2D eigenvalue weighted by atomic mass is 32.2. The molecule has 0 heterocycles. The molecule has 1 atom stereocenters. The fourth-order valence-electron chi connectivity index (χ4n) is 4.34. The molecule has 0 fully saturated rings. The Morgan fingerprint density at radius 2 is 1.32 bits per heavy atom. The van der Waals surface area contributed by atoms with E-state index in [4.69, 9.17) is 0 Å². The van der Waals surface area contributed by atoms with Gasteiger partial charge in [0.05, 0.1) is 10.6 Å². The normalized spacial score (nSPS) is 12.6. The highest BCUT2D eigenvalue weighted by Crippen LogP contribution is 2.27. The van der Waals surface area contributed by atoms with Gasteiger partial charge in [-0.15, -0.1) is 0 Å². The first-order chi connectivity index (χ1) is 19.1. The van der Waals surface area contributed by atoms with Crippen LogP contribution >= 0.6 is 0 Å². The van der Waals surface area contributed by atoms with E-state index >= 15 is 0 Å². The van der Waals surface area contributed by atoms with Crippen LogP contribution in [0.25, 0.3) is 0 Å². The predicted molar refractivity (Wildman–Crippen MR) is 165 cm³/mol. The lowest BCUT2D eigenvalue weighted by atomic mass is 10.0. The summed E-state index contributed by atoms with van der Waals surface area (Å²) in [5, 5.41) is 2.95. The van der Waals surface area contributed by atoms with Crippen molar-refractivity contribution in [3.05, 3.63) is 95.1 Å². The number of carbonyl (C=O) groups is 2.